The minimum Gasteiger partial charge on any atom is -0.508 e. The number of aryl methyl sites for hydroxylation is 1. The van der Waals surface area contributed by atoms with Crippen molar-refractivity contribution in [2.75, 3.05) is 5.32 Å². The summed E-state index contributed by atoms with van der Waals surface area (Å²) in [5.41, 5.74) is 1.71. The maximum atomic E-state index is 12.6. The Morgan fingerprint density at radius 3 is 2.87 bits per heavy atom. The van der Waals surface area contributed by atoms with Crippen LogP contribution in [0.5, 0.6) is 5.75 Å². The smallest absolute Gasteiger partial charge is 0.265 e. The lowest BCUT2D eigenvalue weighted by molar-refractivity contribution is 0.475. The fraction of sp³-hybridized carbons (Fsp3) is 0.125. The molecule has 7 nitrogen and oxygen atoms in total. The van der Waals surface area contributed by atoms with Crippen LogP contribution in [0.2, 0.25) is 0 Å². The molecule has 0 unspecified atom stereocenters. The summed E-state index contributed by atoms with van der Waals surface area (Å²) in [6.45, 7) is 1.56. The molecule has 0 saturated carbocycles. The van der Waals surface area contributed by atoms with Gasteiger partial charge < -0.3 is 10.4 Å². The molecule has 0 aliphatic heterocycles. The van der Waals surface area contributed by atoms with E-state index in [1.807, 2.05) is 13.0 Å². The molecule has 116 valence electrons. The van der Waals surface area contributed by atoms with Gasteiger partial charge in [-0.2, -0.15) is 4.91 Å². The molecule has 2 aromatic heterocycles. The first-order valence-corrected chi connectivity index (χ1v) is 6.96. The van der Waals surface area contributed by atoms with Gasteiger partial charge in [0.15, 0.2) is 0 Å². The Hall–Kier alpha value is -3.22. The molecule has 0 amide bonds. The van der Waals surface area contributed by atoms with Gasteiger partial charge in [-0.15, -0.1) is 0 Å². The van der Waals surface area contributed by atoms with Crippen LogP contribution in [0, 0.1) is 11.8 Å². The van der Waals surface area contributed by atoms with Gasteiger partial charge in [0.2, 0.25) is 0 Å². The number of fused-ring (bicyclic) bond motifs is 1. The molecule has 2 N–H and O–H groups in total. The lowest BCUT2D eigenvalue weighted by atomic mass is 10.2. The molecule has 0 aliphatic rings. The number of aromatic nitrogens is 2. The Labute approximate surface area is 131 Å². The summed E-state index contributed by atoms with van der Waals surface area (Å²) in [5.74, 6) is 0.341. The number of anilines is 2. The first-order chi connectivity index (χ1) is 11.1. The van der Waals surface area contributed by atoms with E-state index in [0.29, 0.717) is 11.3 Å². The van der Waals surface area contributed by atoms with Crippen molar-refractivity contribution >= 4 is 17.2 Å². The Morgan fingerprint density at radius 2 is 2.13 bits per heavy atom. The van der Waals surface area contributed by atoms with E-state index in [4.69, 9.17) is 0 Å². The summed E-state index contributed by atoms with van der Waals surface area (Å²) in [5, 5.41) is 15.3. The zero-order chi connectivity index (χ0) is 16.4. The normalized spacial score (nSPS) is 10.7. The van der Waals surface area contributed by atoms with Crippen molar-refractivity contribution in [2.45, 2.75) is 13.5 Å². The van der Waals surface area contributed by atoms with Gasteiger partial charge in [0.05, 0.1) is 5.56 Å². The van der Waals surface area contributed by atoms with E-state index < -0.39 is 0 Å². The van der Waals surface area contributed by atoms with Crippen molar-refractivity contribution in [2.24, 2.45) is 5.18 Å². The summed E-state index contributed by atoms with van der Waals surface area (Å²) in [6, 6.07) is 10.0. The average molecular weight is 310 g/mol. The van der Waals surface area contributed by atoms with Gasteiger partial charge in [-0.05, 0) is 30.7 Å². The second-order valence-electron chi connectivity index (χ2n) is 5.09. The molecule has 23 heavy (non-hydrogen) atoms. The van der Waals surface area contributed by atoms with E-state index >= 15 is 0 Å². The first kappa shape index (κ1) is 14.7. The third-order valence-electron chi connectivity index (χ3n) is 3.47. The minimum absolute atomic E-state index is 0.0822. The van der Waals surface area contributed by atoms with Crippen molar-refractivity contribution in [3.8, 4) is 5.75 Å². The zero-order valence-electron chi connectivity index (χ0n) is 12.4. The number of phenols is 1. The predicted octanol–water partition coefficient (Wildman–Crippen LogP) is 2.72. The molecular formula is C16H14N4O3. The molecule has 1 aromatic carbocycles. The van der Waals surface area contributed by atoms with Gasteiger partial charge in [-0.25, -0.2) is 4.98 Å². The summed E-state index contributed by atoms with van der Waals surface area (Å²) < 4.78 is 1.39. The van der Waals surface area contributed by atoms with Crippen LogP contribution >= 0.6 is 0 Å². The molecule has 0 radical (unpaired) electrons. The highest BCUT2D eigenvalue weighted by molar-refractivity contribution is 5.64. The highest BCUT2D eigenvalue weighted by atomic mass is 16.3. The van der Waals surface area contributed by atoms with E-state index in [-0.39, 0.29) is 29.2 Å². The highest BCUT2D eigenvalue weighted by Crippen LogP contribution is 2.22. The highest BCUT2D eigenvalue weighted by Gasteiger charge is 2.14. The number of rotatable bonds is 4. The molecule has 0 spiro atoms. The number of hydrogen-bond acceptors (Lipinski definition) is 6. The largest absolute Gasteiger partial charge is 0.508 e. The van der Waals surface area contributed by atoms with E-state index in [1.165, 1.54) is 16.5 Å². The van der Waals surface area contributed by atoms with Gasteiger partial charge in [0, 0.05) is 18.0 Å². The molecule has 3 aromatic rings. The van der Waals surface area contributed by atoms with E-state index in [0.717, 1.165) is 5.56 Å². The number of nitrogens with zero attached hydrogens (tertiary/aromatic N) is 3. The molecule has 0 bridgehead atoms. The standard InChI is InChI=1S/C16H14N4O3/c1-10-4-3-7-20-15(10)19-14(13(9-17-23)16(20)22)18-11-5-2-6-12(21)8-11/h2-8,18,21H,9H2,1H3. The van der Waals surface area contributed by atoms with Crippen LogP contribution in [0.1, 0.15) is 11.1 Å². The van der Waals surface area contributed by atoms with Crippen LogP contribution in [0.15, 0.2) is 52.6 Å². The SMILES string of the molecule is Cc1cccn2c(=O)c(CN=O)c(Nc3cccc(O)c3)nc12. The summed E-state index contributed by atoms with van der Waals surface area (Å²) in [4.78, 5) is 27.7. The maximum absolute atomic E-state index is 12.6. The average Bonchev–Trinajstić information content (AvgIpc) is 2.52. The van der Waals surface area contributed by atoms with Crippen LogP contribution in [-0.2, 0) is 6.54 Å². The molecule has 7 heteroatoms. The van der Waals surface area contributed by atoms with Crippen LogP contribution < -0.4 is 10.9 Å². The zero-order valence-corrected chi connectivity index (χ0v) is 12.4. The number of hydrogen-bond donors (Lipinski definition) is 2. The Kier molecular flexibility index (Phi) is 3.76. The third kappa shape index (κ3) is 2.76. The summed E-state index contributed by atoms with van der Waals surface area (Å²) >= 11 is 0. The molecule has 3 rings (SSSR count). The van der Waals surface area contributed by atoms with Gasteiger partial charge >= 0.3 is 0 Å². The van der Waals surface area contributed by atoms with Crippen LogP contribution in [0.25, 0.3) is 5.65 Å². The number of pyridine rings is 1. The number of aromatic hydroxyl groups is 1. The molecule has 0 aliphatic carbocycles. The van der Waals surface area contributed by atoms with E-state index in [9.17, 15) is 14.8 Å². The number of nitroso groups, excluding NO2 is 1. The van der Waals surface area contributed by atoms with Crippen LogP contribution in [-0.4, -0.2) is 14.5 Å². The second-order valence-corrected chi connectivity index (χ2v) is 5.09. The molecule has 0 atom stereocenters. The Bertz CT molecular complexity index is 950. The van der Waals surface area contributed by atoms with Crippen molar-refractivity contribution in [1.29, 1.82) is 0 Å². The van der Waals surface area contributed by atoms with Gasteiger partial charge in [-0.3, -0.25) is 9.20 Å². The van der Waals surface area contributed by atoms with E-state index in [1.54, 1.807) is 24.4 Å². The van der Waals surface area contributed by atoms with Crippen molar-refractivity contribution in [1.82, 2.24) is 9.38 Å². The molecule has 2 heterocycles. The molecule has 0 fully saturated rings. The monoisotopic (exact) mass is 310 g/mol. The first-order valence-electron chi connectivity index (χ1n) is 6.96. The quantitative estimate of drug-likeness (QED) is 0.722. The van der Waals surface area contributed by atoms with Gasteiger partial charge in [-0.1, -0.05) is 17.3 Å². The summed E-state index contributed by atoms with van der Waals surface area (Å²) in [6.07, 6.45) is 1.60. The molecular weight excluding hydrogens is 296 g/mol. The molecule has 0 saturated heterocycles. The van der Waals surface area contributed by atoms with Gasteiger partial charge in [0.1, 0.15) is 23.8 Å². The Morgan fingerprint density at radius 1 is 1.30 bits per heavy atom. The van der Waals surface area contributed by atoms with E-state index in [2.05, 4.69) is 15.5 Å². The number of phenolic OH excluding ortho intramolecular Hbond substituents is 1. The topological polar surface area (TPSA) is 96.1 Å². The predicted molar refractivity (Wildman–Crippen MR) is 87.1 cm³/mol. The lowest BCUT2D eigenvalue weighted by Crippen LogP contribution is -2.22. The van der Waals surface area contributed by atoms with Gasteiger partial charge in [0.25, 0.3) is 5.56 Å². The fourth-order valence-corrected chi connectivity index (χ4v) is 2.37. The third-order valence-corrected chi connectivity index (χ3v) is 3.47. The van der Waals surface area contributed by atoms with Crippen molar-refractivity contribution < 1.29 is 5.11 Å². The maximum Gasteiger partial charge on any atom is 0.265 e. The number of benzene rings is 1. The van der Waals surface area contributed by atoms with Crippen LogP contribution in [0.4, 0.5) is 11.5 Å². The fourth-order valence-electron chi connectivity index (χ4n) is 2.37. The van der Waals surface area contributed by atoms with Crippen molar-refractivity contribution in [3.63, 3.8) is 0 Å². The van der Waals surface area contributed by atoms with Crippen LogP contribution in [0.3, 0.4) is 0 Å². The lowest BCUT2D eigenvalue weighted by Gasteiger charge is -2.12. The second kappa shape index (κ2) is 5.88. The minimum atomic E-state index is -0.346. The summed E-state index contributed by atoms with van der Waals surface area (Å²) in [7, 11) is 0. The number of nitrogens with one attached hydrogen (secondary N) is 1. The van der Waals surface area contributed by atoms with Crippen molar-refractivity contribution in [3.05, 3.63) is 69.0 Å². The Balaban J connectivity index is 2.21.